The molecule has 0 saturated carbocycles. The molecule has 1 aromatic rings. The summed E-state index contributed by atoms with van der Waals surface area (Å²) >= 11 is 1.70. The summed E-state index contributed by atoms with van der Waals surface area (Å²) in [5, 5.41) is 5.28. The number of ether oxygens (including phenoxy) is 1. The van der Waals surface area contributed by atoms with Gasteiger partial charge in [0.2, 0.25) is 0 Å². The minimum Gasteiger partial charge on any atom is -0.469 e. The Labute approximate surface area is 87.1 Å². The van der Waals surface area contributed by atoms with E-state index in [9.17, 15) is 4.79 Å². The number of rotatable bonds is 2. The third-order valence-corrected chi connectivity index (χ3v) is 3.63. The minimum atomic E-state index is -0.103. The SMILES string of the molecule is COC(=O)[C@@H]1CNC[C@@H]1c1cccs1. The molecule has 1 N–H and O–H groups in total. The average Bonchev–Trinajstić information content (AvgIpc) is 2.85. The highest BCUT2D eigenvalue weighted by atomic mass is 32.1. The van der Waals surface area contributed by atoms with Crippen LogP contribution >= 0.6 is 11.3 Å². The van der Waals surface area contributed by atoms with Crippen molar-refractivity contribution in [3.8, 4) is 0 Å². The fraction of sp³-hybridized carbons (Fsp3) is 0.500. The predicted octanol–water partition coefficient (Wildman–Crippen LogP) is 1.22. The van der Waals surface area contributed by atoms with Gasteiger partial charge in [0.1, 0.15) is 0 Å². The quantitative estimate of drug-likeness (QED) is 0.748. The number of hydrogen-bond acceptors (Lipinski definition) is 4. The van der Waals surface area contributed by atoms with Crippen LogP contribution in [-0.2, 0) is 9.53 Å². The van der Waals surface area contributed by atoms with E-state index in [2.05, 4.69) is 11.4 Å². The van der Waals surface area contributed by atoms with E-state index in [0.717, 1.165) is 13.1 Å². The van der Waals surface area contributed by atoms with E-state index in [1.54, 1.807) is 11.3 Å². The highest BCUT2D eigenvalue weighted by molar-refractivity contribution is 7.10. The van der Waals surface area contributed by atoms with E-state index in [-0.39, 0.29) is 11.9 Å². The number of thiophene rings is 1. The van der Waals surface area contributed by atoms with Crippen molar-refractivity contribution >= 4 is 17.3 Å². The largest absolute Gasteiger partial charge is 0.469 e. The van der Waals surface area contributed by atoms with Crippen molar-refractivity contribution in [2.45, 2.75) is 5.92 Å². The summed E-state index contributed by atoms with van der Waals surface area (Å²) in [6.07, 6.45) is 0. The van der Waals surface area contributed by atoms with E-state index >= 15 is 0 Å². The fourth-order valence-electron chi connectivity index (χ4n) is 1.88. The van der Waals surface area contributed by atoms with Gasteiger partial charge in [0.25, 0.3) is 0 Å². The first kappa shape index (κ1) is 9.68. The van der Waals surface area contributed by atoms with Crippen LogP contribution in [0.25, 0.3) is 0 Å². The third-order valence-electron chi connectivity index (χ3n) is 2.63. The number of methoxy groups -OCH3 is 1. The Hall–Kier alpha value is -0.870. The second-order valence-electron chi connectivity index (χ2n) is 3.41. The van der Waals surface area contributed by atoms with E-state index < -0.39 is 0 Å². The van der Waals surface area contributed by atoms with Crippen molar-refractivity contribution in [1.82, 2.24) is 5.32 Å². The number of nitrogens with one attached hydrogen (secondary N) is 1. The monoisotopic (exact) mass is 211 g/mol. The van der Waals surface area contributed by atoms with Gasteiger partial charge < -0.3 is 10.1 Å². The first-order valence-corrected chi connectivity index (χ1v) is 5.53. The van der Waals surface area contributed by atoms with Crippen molar-refractivity contribution < 1.29 is 9.53 Å². The zero-order valence-corrected chi connectivity index (χ0v) is 8.84. The number of esters is 1. The summed E-state index contributed by atoms with van der Waals surface area (Å²) in [5.74, 6) is 0.175. The van der Waals surface area contributed by atoms with Crippen LogP contribution in [0.15, 0.2) is 17.5 Å². The highest BCUT2D eigenvalue weighted by Crippen LogP contribution is 2.31. The van der Waals surface area contributed by atoms with Crippen molar-refractivity contribution in [3.05, 3.63) is 22.4 Å². The minimum absolute atomic E-state index is 0.0151. The second kappa shape index (κ2) is 4.11. The predicted molar refractivity (Wildman–Crippen MR) is 55.4 cm³/mol. The maximum atomic E-state index is 11.5. The van der Waals surface area contributed by atoms with Gasteiger partial charge in [0.05, 0.1) is 13.0 Å². The van der Waals surface area contributed by atoms with Crippen LogP contribution in [0, 0.1) is 5.92 Å². The molecule has 1 fully saturated rings. The summed E-state index contributed by atoms with van der Waals surface area (Å²) in [7, 11) is 1.45. The molecule has 0 unspecified atom stereocenters. The Morgan fingerprint density at radius 3 is 3.14 bits per heavy atom. The second-order valence-corrected chi connectivity index (χ2v) is 4.39. The smallest absolute Gasteiger partial charge is 0.310 e. The van der Waals surface area contributed by atoms with Gasteiger partial charge in [-0.15, -0.1) is 11.3 Å². The van der Waals surface area contributed by atoms with Gasteiger partial charge in [0, 0.05) is 23.9 Å². The normalized spacial score (nSPS) is 26.4. The molecule has 1 aliphatic heterocycles. The molecule has 0 aromatic carbocycles. The molecule has 0 bridgehead atoms. The Morgan fingerprint density at radius 2 is 2.50 bits per heavy atom. The molecule has 3 nitrogen and oxygen atoms in total. The van der Waals surface area contributed by atoms with Gasteiger partial charge in [-0.1, -0.05) is 6.07 Å². The van der Waals surface area contributed by atoms with Crippen LogP contribution in [0.2, 0.25) is 0 Å². The maximum Gasteiger partial charge on any atom is 0.310 e. The summed E-state index contributed by atoms with van der Waals surface area (Å²) in [4.78, 5) is 12.7. The number of carbonyl (C=O) groups excluding carboxylic acids is 1. The summed E-state index contributed by atoms with van der Waals surface area (Å²) in [6.45, 7) is 1.61. The van der Waals surface area contributed by atoms with Gasteiger partial charge in [-0.25, -0.2) is 0 Å². The van der Waals surface area contributed by atoms with Crippen molar-refractivity contribution in [1.29, 1.82) is 0 Å². The van der Waals surface area contributed by atoms with E-state index in [0.29, 0.717) is 5.92 Å². The summed E-state index contributed by atoms with van der Waals surface area (Å²) < 4.78 is 4.79. The Kier molecular flexibility index (Phi) is 2.84. The van der Waals surface area contributed by atoms with Crippen molar-refractivity contribution in [3.63, 3.8) is 0 Å². The zero-order chi connectivity index (χ0) is 9.97. The molecule has 0 spiro atoms. The first-order chi connectivity index (χ1) is 6.83. The molecule has 2 rings (SSSR count). The van der Waals surface area contributed by atoms with E-state index in [1.807, 2.05) is 11.4 Å². The molecule has 2 heterocycles. The molecule has 0 amide bonds. The van der Waals surface area contributed by atoms with Crippen LogP contribution in [0.1, 0.15) is 10.8 Å². The first-order valence-electron chi connectivity index (χ1n) is 4.65. The van der Waals surface area contributed by atoms with Crippen molar-refractivity contribution in [2.24, 2.45) is 5.92 Å². The van der Waals surface area contributed by atoms with Crippen LogP contribution in [-0.4, -0.2) is 26.2 Å². The van der Waals surface area contributed by atoms with Gasteiger partial charge in [-0.3, -0.25) is 4.79 Å². The lowest BCUT2D eigenvalue weighted by molar-refractivity contribution is -0.145. The molecule has 2 atom stereocenters. The molecule has 1 aliphatic rings. The van der Waals surface area contributed by atoms with Crippen molar-refractivity contribution in [2.75, 3.05) is 20.2 Å². The van der Waals surface area contributed by atoms with Gasteiger partial charge in [-0.05, 0) is 11.4 Å². The molecular weight excluding hydrogens is 198 g/mol. The molecular formula is C10H13NO2S. The molecule has 1 saturated heterocycles. The molecule has 0 radical (unpaired) electrons. The molecule has 1 aromatic heterocycles. The third kappa shape index (κ3) is 1.67. The number of carbonyl (C=O) groups is 1. The topological polar surface area (TPSA) is 38.3 Å². The molecule has 14 heavy (non-hydrogen) atoms. The highest BCUT2D eigenvalue weighted by Gasteiger charge is 2.35. The Balaban J connectivity index is 2.15. The Bertz CT molecular complexity index is 310. The molecule has 76 valence electrons. The van der Waals surface area contributed by atoms with Crippen LogP contribution in [0.4, 0.5) is 0 Å². The van der Waals surface area contributed by atoms with Gasteiger partial charge in [0.15, 0.2) is 0 Å². The van der Waals surface area contributed by atoms with Crippen LogP contribution in [0.3, 0.4) is 0 Å². The lowest BCUT2D eigenvalue weighted by atomic mass is 9.95. The van der Waals surface area contributed by atoms with E-state index in [4.69, 9.17) is 4.74 Å². The van der Waals surface area contributed by atoms with Crippen LogP contribution < -0.4 is 5.32 Å². The molecule has 4 heteroatoms. The average molecular weight is 211 g/mol. The fourth-order valence-corrected chi connectivity index (χ4v) is 2.77. The van der Waals surface area contributed by atoms with Gasteiger partial charge in [-0.2, -0.15) is 0 Å². The maximum absolute atomic E-state index is 11.5. The lowest BCUT2D eigenvalue weighted by Crippen LogP contribution is -2.22. The lowest BCUT2D eigenvalue weighted by Gasteiger charge is -2.14. The van der Waals surface area contributed by atoms with E-state index in [1.165, 1.54) is 12.0 Å². The molecule has 0 aliphatic carbocycles. The standard InChI is InChI=1S/C10H13NO2S/c1-13-10(12)8-6-11-5-7(8)9-3-2-4-14-9/h2-4,7-8,11H,5-6H2,1H3/t7-,8+/m0/s1. The summed E-state index contributed by atoms with van der Waals surface area (Å²) in [6, 6.07) is 4.10. The Morgan fingerprint density at radius 1 is 1.64 bits per heavy atom. The van der Waals surface area contributed by atoms with Crippen LogP contribution in [0.5, 0.6) is 0 Å². The zero-order valence-electron chi connectivity index (χ0n) is 8.03. The number of hydrogen-bond donors (Lipinski definition) is 1. The van der Waals surface area contributed by atoms with Gasteiger partial charge >= 0.3 is 5.97 Å². The summed E-state index contributed by atoms with van der Waals surface area (Å²) in [5.41, 5.74) is 0.